The molecule has 3 aromatic rings. The molecule has 0 saturated carbocycles. The van der Waals surface area contributed by atoms with Crippen LogP contribution < -0.4 is 15.8 Å². The van der Waals surface area contributed by atoms with Crippen molar-refractivity contribution in [3.63, 3.8) is 0 Å². The number of fused-ring (bicyclic) bond motifs is 2. The highest BCUT2D eigenvalue weighted by molar-refractivity contribution is 6.06. The molecular formula is C19H17N5O2. The van der Waals surface area contributed by atoms with Crippen LogP contribution in [0.15, 0.2) is 62.9 Å². The number of aryl methyl sites for hydroxylation is 1. The van der Waals surface area contributed by atoms with Gasteiger partial charge in [-0.2, -0.15) is 0 Å². The smallest absolute Gasteiger partial charge is 0.257 e. The molecule has 130 valence electrons. The van der Waals surface area contributed by atoms with Crippen LogP contribution in [-0.4, -0.2) is 22.1 Å². The molecule has 1 N–H and O–H groups in total. The highest BCUT2D eigenvalue weighted by Gasteiger charge is 2.31. The van der Waals surface area contributed by atoms with Crippen LogP contribution in [0.2, 0.25) is 0 Å². The van der Waals surface area contributed by atoms with Gasteiger partial charge < -0.3 is 9.32 Å². The van der Waals surface area contributed by atoms with Crippen molar-refractivity contribution >= 4 is 17.6 Å². The van der Waals surface area contributed by atoms with Crippen molar-refractivity contribution in [1.82, 2.24) is 9.55 Å². The zero-order valence-electron chi connectivity index (χ0n) is 14.2. The summed E-state index contributed by atoms with van der Waals surface area (Å²) in [6.45, 7) is 2.63. The number of guanidine groups is 1. The van der Waals surface area contributed by atoms with Gasteiger partial charge in [-0.1, -0.05) is 18.2 Å². The molecule has 7 heteroatoms. The van der Waals surface area contributed by atoms with Gasteiger partial charge >= 0.3 is 0 Å². The highest BCUT2D eigenvalue weighted by Crippen LogP contribution is 2.32. The van der Waals surface area contributed by atoms with Gasteiger partial charge in [0, 0.05) is 24.0 Å². The Hall–Kier alpha value is -3.35. The number of furan rings is 1. The van der Waals surface area contributed by atoms with E-state index in [0.717, 1.165) is 18.7 Å². The monoisotopic (exact) mass is 347 g/mol. The number of para-hydroxylation sites is 1. The van der Waals surface area contributed by atoms with E-state index in [4.69, 9.17) is 9.41 Å². The predicted molar refractivity (Wildman–Crippen MR) is 98.6 cm³/mol. The van der Waals surface area contributed by atoms with Gasteiger partial charge in [0.1, 0.15) is 5.76 Å². The molecule has 1 atom stereocenters. The Kier molecular flexibility index (Phi) is 3.21. The Morgan fingerprint density at radius 1 is 1.23 bits per heavy atom. The van der Waals surface area contributed by atoms with Gasteiger partial charge in [0.05, 0.1) is 6.26 Å². The molecule has 1 aromatic carbocycles. The van der Waals surface area contributed by atoms with Crippen molar-refractivity contribution in [2.45, 2.75) is 19.5 Å². The number of aromatic nitrogens is 2. The van der Waals surface area contributed by atoms with E-state index >= 15 is 0 Å². The van der Waals surface area contributed by atoms with Crippen molar-refractivity contribution in [3.8, 4) is 0 Å². The third-order valence-electron chi connectivity index (χ3n) is 4.73. The number of nitrogens with one attached hydrogen (secondary N) is 1. The zero-order chi connectivity index (χ0) is 17.7. The minimum Gasteiger partial charge on any atom is -0.465 e. The van der Waals surface area contributed by atoms with Gasteiger partial charge in [-0.25, -0.2) is 14.5 Å². The van der Waals surface area contributed by atoms with Crippen LogP contribution in [0.25, 0.3) is 0 Å². The van der Waals surface area contributed by atoms with E-state index in [1.54, 1.807) is 12.3 Å². The van der Waals surface area contributed by atoms with E-state index in [0.29, 0.717) is 23.4 Å². The van der Waals surface area contributed by atoms with E-state index in [9.17, 15) is 4.79 Å². The second-order valence-electron chi connectivity index (χ2n) is 6.43. The Morgan fingerprint density at radius 3 is 2.96 bits per heavy atom. The van der Waals surface area contributed by atoms with Gasteiger partial charge in [-0.15, -0.1) is 0 Å². The number of aliphatic imine (C=N–C) groups is 1. The minimum absolute atomic E-state index is 0.161. The number of anilines is 2. The van der Waals surface area contributed by atoms with Gasteiger partial charge in [0.15, 0.2) is 6.17 Å². The topological polar surface area (TPSA) is 75.7 Å². The van der Waals surface area contributed by atoms with Crippen LogP contribution in [0.4, 0.5) is 11.6 Å². The minimum atomic E-state index is -0.579. The molecule has 2 aliphatic heterocycles. The lowest BCUT2D eigenvalue weighted by molar-refractivity contribution is 0.427. The fourth-order valence-corrected chi connectivity index (χ4v) is 3.56. The second-order valence-corrected chi connectivity index (χ2v) is 6.43. The number of hydrogen-bond acceptors (Lipinski definition) is 6. The average molecular weight is 347 g/mol. The fraction of sp³-hybridized carbons (Fsp3) is 0.211. The lowest BCUT2D eigenvalue weighted by Crippen LogP contribution is -2.42. The number of nitrogens with zero attached hydrogens (tertiary/aromatic N) is 4. The normalized spacial score (nSPS) is 18.1. The van der Waals surface area contributed by atoms with Crippen LogP contribution in [0, 0.1) is 6.92 Å². The maximum Gasteiger partial charge on any atom is 0.257 e. The highest BCUT2D eigenvalue weighted by atomic mass is 16.3. The van der Waals surface area contributed by atoms with Crippen LogP contribution >= 0.6 is 0 Å². The summed E-state index contributed by atoms with van der Waals surface area (Å²) in [4.78, 5) is 24.0. The average Bonchev–Trinajstić information content (AvgIpc) is 3.30. The third kappa shape index (κ3) is 2.24. The molecule has 1 unspecified atom stereocenters. The standard InChI is InChI=1S/C19H17N5O2/c1-12-11-16(25)24-17(15-7-4-10-26-15)21-18(22-19(24)20-12)23-9-8-13-5-2-3-6-14(13)23/h2-7,10-11,17H,8-9H2,1H3,(H,20,21,22). The molecule has 2 aliphatic rings. The van der Waals surface area contributed by atoms with Gasteiger partial charge in [-0.3, -0.25) is 10.1 Å². The van der Waals surface area contributed by atoms with E-state index in [2.05, 4.69) is 27.3 Å². The summed E-state index contributed by atoms with van der Waals surface area (Å²) >= 11 is 0. The van der Waals surface area contributed by atoms with Gasteiger partial charge in [-0.05, 0) is 37.1 Å². The molecule has 26 heavy (non-hydrogen) atoms. The van der Waals surface area contributed by atoms with E-state index in [1.807, 2.05) is 25.1 Å². The summed E-state index contributed by atoms with van der Waals surface area (Å²) in [5.41, 5.74) is 2.91. The largest absolute Gasteiger partial charge is 0.465 e. The number of benzene rings is 1. The molecule has 0 amide bonds. The lowest BCUT2D eigenvalue weighted by Gasteiger charge is -2.30. The summed E-state index contributed by atoms with van der Waals surface area (Å²) < 4.78 is 7.08. The first-order valence-electron chi connectivity index (χ1n) is 8.54. The van der Waals surface area contributed by atoms with Crippen molar-refractivity contribution in [3.05, 3.63) is 76.1 Å². The number of rotatable bonds is 1. The lowest BCUT2D eigenvalue weighted by atomic mass is 10.2. The first-order chi connectivity index (χ1) is 12.7. The maximum absolute atomic E-state index is 12.6. The quantitative estimate of drug-likeness (QED) is 0.732. The zero-order valence-corrected chi connectivity index (χ0v) is 14.2. The molecule has 2 aromatic heterocycles. The van der Waals surface area contributed by atoms with E-state index < -0.39 is 6.17 Å². The van der Waals surface area contributed by atoms with Crippen molar-refractivity contribution < 1.29 is 4.42 Å². The summed E-state index contributed by atoms with van der Waals surface area (Å²) in [5, 5.41) is 3.24. The summed E-state index contributed by atoms with van der Waals surface area (Å²) in [7, 11) is 0. The van der Waals surface area contributed by atoms with Crippen LogP contribution in [0.1, 0.15) is 23.2 Å². The fourth-order valence-electron chi connectivity index (χ4n) is 3.56. The molecule has 0 bridgehead atoms. The third-order valence-corrected chi connectivity index (χ3v) is 4.73. The van der Waals surface area contributed by atoms with Crippen molar-refractivity contribution in [1.29, 1.82) is 0 Å². The molecule has 0 fully saturated rings. The summed E-state index contributed by atoms with van der Waals surface area (Å²) in [6, 6.07) is 13.4. The first kappa shape index (κ1) is 14.9. The molecule has 4 heterocycles. The SMILES string of the molecule is Cc1cc(=O)n2c(n1)NC(N1CCc3ccccc31)=NC2c1ccco1. The maximum atomic E-state index is 12.6. The molecule has 0 saturated heterocycles. The summed E-state index contributed by atoms with van der Waals surface area (Å²) in [6.07, 6.45) is 1.96. The van der Waals surface area contributed by atoms with E-state index in [-0.39, 0.29) is 5.56 Å². The van der Waals surface area contributed by atoms with Crippen molar-refractivity contribution in [2.24, 2.45) is 4.99 Å². The first-order valence-corrected chi connectivity index (χ1v) is 8.54. The Labute approximate surface area is 149 Å². The molecule has 7 nitrogen and oxygen atoms in total. The number of hydrogen-bond donors (Lipinski definition) is 1. The Balaban J connectivity index is 1.66. The predicted octanol–water partition coefficient (Wildman–Crippen LogP) is 2.54. The van der Waals surface area contributed by atoms with Gasteiger partial charge in [0.2, 0.25) is 11.9 Å². The van der Waals surface area contributed by atoms with Crippen LogP contribution in [0.3, 0.4) is 0 Å². The van der Waals surface area contributed by atoms with Gasteiger partial charge in [0.25, 0.3) is 5.56 Å². The summed E-state index contributed by atoms with van der Waals surface area (Å²) in [5.74, 6) is 1.75. The van der Waals surface area contributed by atoms with Crippen LogP contribution in [-0.2, 0) is 6.42 Å². The second kappa shape index (κ2) is 5.59. The molecule has 0 spiro atoms. The Morgan fingerprint density at radius 2 is 2.12 bits per heavy atom. The van der Waals surface area contributed by atoms with Crippen molar-refractivity contribution in [2.75, 3.05) is 16.8 Å². The van der Waals surface area contributed by atoms with Crippen LogP contribution in [0.5, 0.6) is 0 Å². The molecule has 5 rings (SSSR count). The molecular weight excluding hydrogens is 330 g/mol. The molecule has 0 aliphatic carbocycles. The Bertz CT molecular complexity index is 1070. The molecule has 0 radical (unpaired) electrons. The van der Waals surface area contributed by atoms with E-state index in [1.165, 1.54) is 16.2 Å².